The Kier molecular flexibility index (Phi) is 4.59. The minimum Gasteiger partial charge on any atom is -0.384 e. The zero-order chi connectivity index (χ0) is 9.78. The molecule has 1 N–H and O–H groups in total. The van der Waals surface area contributed by atoms with Gasteiger partial charge in [-0.05, 0) is 6.92 Å². The van der Waals surface area contributed by atoms with Crippen LogP contribution < -0.4 is 0 Å². The quantitative estimate of drug-likeness (QED) is 0.648. The average Bonchev–Trinajstić information content (AvgIpc) is 2.00. The van der Waals surface area contributed by atoms with Crippen molar-refractivity contribution in [3.05, 3.63) is 0 Å². The highest BCUT2D eigenvalue weighted by atomic mass is 19.3. The van der Waals surface area contributed by atoms with Crippen LogP contribution in [0.3, 0.4) is 0 Å². The first-order chi connectivity index (χ1) is 5.44. The zero-order valence-electron chi connectivity index (χ0n) is 7.38. The first kappa shape index (κ1) is 11.7. The Morgan fingerprint density at radius 3 is 2.00 bits per heavy atom. The van der Waals surface area contributed by atoms with Crippen molar-refractivity contribution >= 4 is 0 Å². The van der Waals surface area contributed by atoms with Crippen LogP contribution in [0.1, 0.15) is 13.3 Å². The van der Waals surface area contributed by atoms with E-state index in [1.165, 1.54) is 14.2 Å². The molecule has 0 aliphatic rings. The molecule has 0 aromatic heterocycles. The van der Waals surface area contributed by atoms with Crippen molar-refractivity contribution in [2.24, 2.45) is 0 Å². The first-order valence-electron chi connectivity index (χ1n) is 3.50. The summed E-state index contributed by atoms with van der Waals surface area (Å²) in [5, 5.41) is 9.11. The van der Waals surface area contributed by atoms with Crippen LogP contribution in [0.4, 0.5) is 8.78 Å². The van der Waals surface area contributed by atoms with Crippen molar-refractivity contribution < 1.29 is 23.4 Å². The van der Waals surface area contributed by atoms with Crippen molar-refractivity contribution in [2.75, 3.05) is 14.2 Å². The van der Waals surface area contributed by atoms with Crippen molar-refractivity contribution in [1.82, 2.24) is 0 Å². The Morgan fingerprint density at radius 1 is 1.33 bits per heavy atom. The second-order valence-corrected chi connectivity index (χ2v) is 2.76. The van der Waals surface area contributed by atoms with E-state index in [0.717, 1.165) is 6.92 Å². The number of hydrogen-bond acceptors (Lipinski definition) is 3. The smallest absolute Gasteiger partial charge is 0.266 e. The summed E-state index contributed by atoms with van der Waals surface area (Å²) < 4.78 is 33.5. The Bertz CT molecular complexity index is 124. The van der Waals surface area contributed by atoms with E-state index < -0.39 is 18.3 Å². The van der Waals surface area contributed by atoms with Gasteiger partial charge in [-0.2, -0.15) is 0 Å². The van der Waals surface area contributed by atoms with Crippen molar-refractivity contribution in [1.29, 1.82) is 0 Å². The van der Waals surface area contributed by atoms with Crippen LogP contribution in [0, 0.1) is 0 Å². The SMILES string of the molecule is COC(CC(C)(O)C(F)F)OC. The van der Waals surface area contributed by atoms with Crippen LogP contribution in [-0.2, 0) is 9.47 Å². The van der Waals surface area contributed by atoms with E-state index in [0.29, 0.717) is 0 Å². The monoisotopic (exact) mass is 184 g/mol. The number of rotatable bonds is 5. The standard InChI is InChI=1S/C7H14F2O3/c1-7(10,6(8)9)4-5(11-2)12-3/h5-6,10H,4H2,1-3H3. The van der Waals surface area contributed by atoms with Crippen molar-refractivity contribution in [3.63, 3.8) is 0 Å². The maximum absolute atomic E-state index is 12.1. The summed E-state index contributed by atoms with van der Waals surface area (Å²) in [6.45, 7) is 1.04. The van der Waals surface area contributed by atoms with E-state index in [1.54, 1.807) is 0 Å². The fourth-order valence-electron chi connectivity index (χ4n) is 0.689. The van der Waals surface area contributed by atoms with Crippen molar-refractivity contribution in [2.45, 2.75) is 31.7 Å². The van der Waals surface area contributed by atoms with Gasteiger partial charge in [-0.3, -0.25) is 0 Å². The summed E-state index contributed by atoms with van der Waals surface area (Å²) in [7, 11) is 2.66. The Balaban J connectivity index is 4.02. The number of ether oxygens (including phenoxy) is 2. The second kappa shape index (κ2) is 4.69. The first-order valence-corrected chi connectivity index (χ1v) is 3.50. The van der Waals surface area contributed by atoms with Gasteiger partial charge in [0.1, 0.15) is 5.60 Å². The van der Waals surface area contributed by atoms with Gasteiger partial charge in [-0.15, -0.1) is 0 Å². The molecular formula is C7H14F2O3. The molecule has 1 atom stereocenters. The van der Waals surface area contributed by atoms with Crippen LogP contribution in [0.25, 0.3) is 0 Å². The molecule has 0 bridgehead atoms. The summed E-state index contributed by atoms with van der Waals surface area (Å²) in [6, 6.07) is 0. The van der Waals surface area contributed by atoms with E-state index in [2.05, 4.69) is 9.47 Å². The molecule has 0 saturated heterocycles. The number of alkyl halides is 2. The highest BCUT2D eigenvalue weighted by molar-refractivity contribution is 4.76. The summed E-state index contributed by atoms with van der Waals surface area (Å²) in [5.74, 6) is 0. The average molecular weight is 184 g/mol. The molecule has 0 fully saturated rings. The minimum atomic E-state index is -2.80. The van der Waals surface area contributed by atoms with Crippen LogP contribution in [-0.4, -0.2) is 37.6 Å². The summed E-state index contributed by atoms with van der Waals surface area (Å²) >= 11 is 0. The van der Waals surface area contributed by atoms with Gasteiger partial charge in [0.2, 0.25) is 0 Å². The van der Waals surface area contributed by atoms with E-state index in [-0.39, 0.29) is 6.42 Å². The van der Waals surface area contributed by atoms with Gasteiger partial charge in [0.25, 0.3) is 6.43 Å². The molecule has 74 valence electrons. The molecule has 0 spiro atoms. The molecule has 0 rings (SSSR count). The minimum absolute atomic E-state index is 0.252. The molecule has 5 heteroatoms. The third-order valence-electron chi connectivity index (χ3n) is 1.58. The van der Waals surface area contributed by atoms with Gasteiger partial charge in [0.05, 0.1) is 0 Å². The second-order valence-electron chi connectivity index (χ2n) is 2.76. The maximum atomic E-state index is 12.1. The number of hydrogen-bond donors (Lipinski definition) is 1. The molecule has 12 heavy (non-hydrogen) atoms. The van der Waals surface area contributed by atoms with E-state index in [4.69, 9.17) is 5.11 Å². The van der Waals surface area contributed by atoms with Gasteiger partial charge in [0, 0.05) is 20.6 Å². The van der Waals surface area contributed by atoms with Gasteiger partial charge in [0.15, 0.2) is 6.29 Å². The Hall–Kier alpha value is -0.260. The van der Waals surface area contributed by atoms with E-state index in [1.807, 2.05) is 0 Å². The van der Waals surface area contributed by atoms with Crippen LogP contribution >= 0.6 is 0 Å². The van der Waals surface area contributed by atoms with Gasteiger partial charge < -0.3 is 14.6 Å². The molecule has 0 radical (unpaired) electrons. The summed E-state index contributed by atoms with van der Waals surface area (Å²) in [4.78, 5) is 0. The zero-order valence-corrected chi connectivity index (χ0v) is 7.38. The van der Waals surface area contributed by atoms with Crippen LogP contribution in [0.5, 0.6) is 0 Å². The predicted molar refractivity (Wildman–Crippen MR) is 39.1 cm³/mol. The van der Waals surface area contributed by atoms with Crippen LogP contribution in [0.15, 0.2) is 0 Å². The lowest BCUT2D eigenvalue weighted by Gasteiger charge is -2.25. The molecule has 0 aromatic carbocycles. The lowest BCUT2D eigenvalue weighted by Crippen LogP contribution is -2.38. The molecule has 0 heterocycles. The Labute approximate surface area is 70.3 Å². The number of aliphatic hydroxyl groups is 1. The predicted octanol–water partition coefficient (Wildman–Crippen LogP) is 1.01. The van der Waals surface area contributed by atoms with Crippen LogP contribution in [0.2, 0.25) is 0 Å². The Morgan fingerprint density at radius 2 is 1.75 bits per heavy atom. The van der Waals surface area contributed by atoms with E-state index in [9.17, 15) is 8.78 Å². The normalized spacial score (nSPS) is 17.0. The topological polar surface area (TPSA) is 38.7 Å². The molecule has 1 unspecified atom stereocenters. The van der Waals surface area contributed by atoms with E-state index >= 15 is 0 Å². The lowest BCUT2D eigenvalue weighted by molar-refractivity contribution is -0.171. The molecule has 0 amide bonds. The molecule has 3 nitrogen and oxygen atoms in total. The number of halogens is 2. The van der Waals surface area contributed by atoms with Gasteiger partial charge >= 0.3 is 0 Å². The van der Waals surface area contributed by atoms with Crippen molar-refractivity contribution in [3.8, 4) is 0 Å². The van der Waals surface area contributed by atoms with Gasteiger partial charge in [-0.1, -0.05) is 0 Å². The summed E-state index contributed by atoms with van der Waals surface area (Å²) in [6.07, 6.45) is -3.85. The fraction of sp³-hybridized carbons (Fsp3) is 1.00. The van der Waals surface area contributed by atoms with Gasteiger partial charge in [-0.25, -0.2) is 8.78 Å². The fourth-order valence-corrected chi connectivity index (χ4v) is 0.689. The molecular weight excluding hydrogens is 170 g/mol. The molecule has 0 aromatic rings. The highest BCUT2D eigenvalue weighted by Gasteiger charge is 2.35. The third-order valence-corrected chi connectivity index (χ3v) is 1.58. The maximum Gasteiger partial charge on any atom is 0.266 e. The summed E-state index contributed by atoms with van der Waals surface area (Å²) in [5.41, 5.74) is -2.06. The lowest BCUT2D eigenvalue weighted by atomic mass is 10.0. The highest BCUT2D eigenvalue weighted by Crippen LogP contribution is 2.22. The third kappa shape index (κ3) is 3.42. The number of methoxy groups -OCH3 is 2. The molecule has 0 aliphatic carbocycles. The largest absolute Gasteiger partial charge is 0.384 e. The molecule has 0 saturated carbocycles. The molecule has 0 aliphatic heterocycles.